The fraction of sp³-hybridized carbons (Fsp3) is 0.269. The Labute approximate surface area is 200 Å². The van der Waals surface area contributed by atoms with Gasteiger partial charge in [0.15, 0.2) is 0 Å². The zero-order valence-electron chi connectivity index (χ0n) is 20.3. The predicted octanol–water partition coefficient (Wildman–Crippen LogP) is 4.86. The molecular weight excluding hydrogens is 455 g/mol. The van der Waals surface area contributed by atoms with Crippen LogP contribution in [-0.4, -0.2) is 26.4 Å². The topological polar surface area (TPSA) is 77.4 Å². The molecule has 0 radical (unpaired) electrons. The standard InChI is InChI=1S/C26H31FN2O4S/c1-7-11-21(28-34(6,31)32)13-10-8-9-12-19-16-22(29-18-20(27)14-15-24(29)30)17-23(25(19)33-5)26(2,3)4/h7-18,28H,1-6H3/b10-8+,11-7-,12-9+,21-13+. The first-order valence-corrected chi connectivity index (χ1v) is 12.5. The second kappa shape index (κ2) is 11.2. The summed E-state index contributed by atoms with van der Waals surface area (Å²) < 4.78 is 46.2. The summed E-state index contributed by atoms with van der Waals surface area (Å²) in [4.78, 5) is 12.4. The molecule has 0 fully saturated rings. The molecule has 6 nitrogen and oxygen atoms in total. The van der Waals surface area contributed by atoms with Crippen molar-refractivity contribution >= 4 is 16.1 Å². The maximum atomic E-state index is 13.9. The van der Waals surface area contributed by atoms with Gasteiger partial charge in [-0.1, -0.05) is 51.2 Å². The van der Waals surface area contributed by atoms with Crippen molar-refractivity contribution in [2.24, 2.45) is 0 Å². The van der Waals surface area contributed by atoms with Crippen LogP contribution in [-0.2, 0) is 15.4 Å². The van der Waals surface area contributed by atoms with Gasteiger partial charge in [-0.2, -0.15) is 0 Å². The molecule has 34 heavy (non-hydrogen) atoms. The minimum absolute atomic E-state index is 0.307. The zero-order valence-corrected chi connectivity index (χ0v) is 21.1. The highest BCUT2D eigenvalue weighted by atomic mass is 32.2. The number of ether oxygens (including phenoxy) is 1. The predicted molar refractivity (Wildman–Crippen MR) is 136 cm³/mol. The van der Waals surface area contributed by atoms with Gasteiger partial charge in [0.25, 0.3) is 5.56 Å². The number of pyridine rings is 1. The number of benzene rings is 1. The summed E-state index contributed by atoms with van der Waals surface area (Å²) >= 11 is 0. The van der Waals surface area contributed by atoms with Crippen molar-refractivity contribution in [1.29, 1.82) is 0 Å². The van der Waals surface area contributed by atoms with E-state index in [9.17, 15) is 17.6 Å². The van der Waals surface area contributed by atoms with Crippen molar-refractivity contribution in [2.75, 3.05) is 13.4 Å². The number of hydrogen-bond donors (Lipinski definition) is 1. The largest absolute Gasteiger partial charge is 0.496 e. The molecule has 0 aliphatic rings. The summed E-state index contributed by atoms with van der Waals surface area (Å²) in [6.07, 6.45) is 14.3. The van der Waals surface area contributed by atoms with Crippen LogP contribution in [0.25, 0.3) is 11.8 Å². The van der Waals surface area contributed by atoms with Gasteiger partial charge in [0.1, 0.15) is 11.6 Å². The monoisotopic (exact) mass is 486 g/mol. The van der Waals surface area contributed by atoms with E-state index in [0.717, 1.165) is 24.1 Å². The molecule has 0 bridgehead atoms. The Bertz CT molecular complexity index is 1310. The number of aromatic nitrogens is 1. The first kappa shape index (κ1) is 26.9. The lowest BCUT2D eigenvalue weighted by Gasteiger charge is -2.25. The second-order valence-electron chi connectivity index (χ2n) is 8.66. The van der Waals surface area contributed by atoms with Gasteiger partial charge in [-0.25, -0.2) is 12.8 Å². The Hall–Kier alpha value is -3.39. The number of halogens is 1. The van der Waals surface area contributed by atoms with Crippen molar-refractivity contribution < 1.29 is 17.5 Å². The summed E-state index contributed by atoms with van der Waals surface area (Å²) in [7, 11) is -1.81. The van der Waals surface area contributed by atoms with Crippen molar-refractivity contribution in [2.45, 2.75) is 33.1 Å². The van der Waals surface area contributed by atoms with Gasteiger partial charge < -0.3 is 4.74 Å². The van der Waals surface area contributed by atoms with E-state index in [-0.39, 0.29) is 11.0 Å². The molecule has 0 aliphatic carbocycles. The number of allylic oxidation sites excluding steroid dienone is 6. The lowest BCUT2D eigenvalue weighted by Crippen LogP contribution is -2.20. The number of methoxy groups -OCH3 is 1. The smallest absolute Gasteiger partial charge is 0.255 e. The molecule has 1 heterocycles. The summed E-state index contributed by atoms with van der Waals surface area (Å²) in [5, 5.41) is 0. The van der Waals surface area contributed by atoms with Gasteiger partial charge in [-0.05, 0) is 42.7 Å². The van der Waals surface area contributed by atoms with Crippen LogP contribution in [0.15, 0.2) is 77.4 Å². The Kier molecular flexibility index (Phi) is 8.81. The molecule has 0 saturated carbocycles. The Morgan fingerprint density at radius 3 is 2.44 bits per heavy atom. The average Bonchev–Trinajstić information content (AvgIpc) is 2.73. The van der Waals surface area contributed by atoms with Gasteiger partial charge in [0.2, 0.25) is 10.0 Å². The third-order valence-electron chi connectivity index (χ3n) is 4.69. The Balaban J connectivity index is 2.54. The second-order valence-corrected chi connectivity index (χ2v) is 10.4. The minimum atomic E-state index is -3.39. The van der Waals surface area contributed by atoms with E-state index in [0.29, 0.717) is 22.7 Å². The lowest BCUT2D eigenvalue weighted by molar-refractivity contribution is 0.396. The van der Waals surface area contributed by atoms with Crippen molar-refractivity contribution in [3.63, 3.8) is 0 Å². The maximum Gasteiger partial charge on any atom is 0.255 e. The van der Waals surface area contributed by atoms with Crippen LogP contribution in [0.2, 0.25) is 0 Å². The Morgan fingerprint density at radius 2 is 1.85 bits per heavy atom. The number of nitrogens with one attached hydrogen (secondary N) is 1. The molecule has 182 valence electrons. The van der Waals surface area contributed by atoms with Crippen LogP contribution in [0.3, 0.4) is 0 Å². The van der Waals surface area contributed by atoms with E-state index in [1.54, 1.807) is 56.6 Å². The van der Waals surface area contributed by atoms with Crippen LogP contribution in [0, 0.1) is 5.82 Å². The molecule has 0 atom stereocenters. The van der Waals surface area contributed by atoms with Crippen LogP contribution in [0.5, 0.6) is 5.75 Å². The molecule has 1 aromatic carbocycles. The number of sulfonamides is 1. The van der Waals surface area contributed by atoms with E-state index in [2.05, 4.69) is 4.72 Å². The first-order valence-electron chi connectivity index (χ1n) is 10.6. The average molecular weight is 487 g/mol. The van der Waals surface area contributed by atoms with Gasteiger partial charge >= 0.3 is 0 Å². The van der Waals surface area contributed by atoms with Crippen molar-refractivity contribution in [1.82, 2.24) is 9.29 Å². The van der Waals surface area contributed by atoms with Crippen LogP contribution in [0.1, 0.15) is 38.8 Å². The first-order chi connectivity index (χ1) is 15.9. The summed E-state index contributed by atoms with van der Waals surface area (Å²) in [5.74, 6) is 0.133. The normalized spacial score (nSPS) is 13.3. The summed E-state index contributed by atoms with van der Waals surface area (Å²) in [6.45, 7) is 7.87. The van der Waals surface area contributed by atoms with Gasteiger partial charge in [0.05, 0.1) is 13.4 Å². The van der Waals surface area contributed by atoms with Gasteiger partial charge in [-0.3, -0.25) is 14.1 Å². The van der Waals surface area contributed by atoms with Crippen LogP contribution >= 0.6 is 0 Å². The van der Waals surface area contributed by atoms with E-state index >= 15 is 0 Å². The minimum Gasteiger partial charge on any atom is -0.496 e. The highest BCUT2D eigenvalue weighted by Crippen LogP contribution is 2.36. The van der Waals surface area contributed by atoms with E-state index < -0.39 is 15.8 Å². The molecule has 0 amide bonds. The van der Waals surface area contributed by atoms with Gasteiger partial charge in [0, 0.05) is 34.8 Å². The molecule has 2 aromatic rings. The number of hydrogen-bond acceptors (Lipinski definition) is 4. The molecule has 8 heteroatoms. The SMILES string of the molecule is C\C=C/C(=C\C=C\C=C\c1cc(-n2cc(F)ccc2=O)cc(C(C)(C)C)c1OC)NS(C)(=O)=O. The maximum absolute atomic E-state index is 13.9. The number of rotatable bonds is 8. The van der Waals surface area contributed by atoms with E-state index in [1.807, 2.05) is 32.9 Å². The Morgan fingerprint density at radius 1 is 1.15 bits per heavy atom. The van der Waals surface area contributed by atoms with Crippen molar-refractivity contribution in [3.8, 4) is 11.4 Å². The summed E-state index contributed by atoms with van der Waals surface area (Å²) in [6, 6.07) is 5.90. The fourth-order valence-electron chi connectivity index (χ4n) is 3.25. The molecule has 0 aliphatic heterocycles. The van der Waals surface area contributed by atoms with E-state index in [1.165, 1.54) is 10.6 Å². The summed E-state index contributed by atoms with van der Waals surface area (Å²) in [5.41, 5.74) is 1.86. The van der Waals surface area contributed by atoms with Crippen LogP contribution in [0.4, 0.5) is 4.39 Å². The quantitative estimate of drug-likeness (QED) is 0.541. The van der Waals surface area contributed by atoms with Gasteiger partial charge in [-0.15, -0.1) is 0 Å². The third-order valence-corrected chi connectivity index (χ3v) is 5.30. The molecule has 0 saturated heterocycles. The van der Waals surface area contributed by atoms with E-state index in [4.69, 9.17) is 4.74 Å². The fourth-order valence-corrected chi connectivity index (χ4v) is 3.81. The molecule has 1 N–H and O–H groups in total. The molecular formula is C26H31FN2O4S. The molecule has 0 spiro atoms. The van der Waals surface area contributed by atoms with Crippen LogP contribution < -0.4 is 15.0 Å². The molecule has 1 aromatic heterocycles. The molecule has 2 rings (SSSR count). The zero-order chi connectivity index (χ0) is 25.5. The number of nitrogens with zero attached hydrogens (tertiary/aromatic N) is 1. The highest BCUT2D eigenvalue weighted by molar-refractivity contribution is 7.88. The third kappa shape index (κ3) is 7.59. The molecule has 0 unspecified atom stereocenters. The highest BCUT2D eigenvalue weighted by Gasteiger charge is 2.22. The van der Waals surface area contributed by atoms with Crippen molar-refractivity contribution in [3.05, 3.63) is 99.9 Å². The lowest BCUT2D eigenvalue weighted by atomic mass is 9.84.